The highest BCUT2D eigenvalue weighted by atomic mass is 35.5. The number of amides is 1. The Labute approximate surface area is 155 Å². The van der Waals surface area contributed by atoms with Gasteiger partial charge in [0, 0.05) is 20.6 Å². The molecule has 3 rings (SSSR count). The Balaban J connectivity index is 0.00000225. The van der Waals surface area contributed by atoms with Gasteiger partial charge in [0.2, 0.25) is 5.91 Å². The minimum absolute atomic E-state index is 0. The van der Waals surface area contributed by atoms with Crippen molar-refractivity contribution in [3.63, 3.8) is 0 Å². The molecule has 6 heteroatoms. The van der Waals surface area contributed by atoms with Crippen LogP contribution in [0.1, 0.15) is 25.0 Å². The molecule has 0 saturated carbocycles. The quantitative estimate of drug-likeness (QED) is 0.859. The van der Waals surface area contributed by atoms with Crippen LogP contribution in [0.25, 0.3) is 11.3 Å². The highest BCUT2D eigenvalue weighted by molar-refractivity contribution is 5.85. The molecule has 1 aromatic heterocycles. The van der Waals surface area contributed by atoms with Crippen molar-refractivity contribution in [3.05, 3.63) is 42.1 Å². The summed E-state index contributed by atoms with van der Waals surface area (Å²) in [6.07, 6.45) is 3.88. The van der Waals surface area contributed by atoms with Crippen LogP contribution in [0.2, 0.25) is 0 Å². The molecular weight excluding hydrogens is 336 g/mol. The van der Waals surface area contributed by atoms with E-state index in [2.05, 4.69) is 28.6 Å². The summed E-state index contributed by atoms with van der Waals surface area (Å²) in [6, 6.07) is 12.5. The van der Waals surface area contributed by atoms with Gasteiger partial charge in [-0.1, -0.05) is 30.3 Å². The Kier molecular flexibility index (Phi) is 7.02. The smallest absolute Gasteiger partial charge is 0.239 e. The number of carbonyl (C=O) groups is 1. The van der Waals surface area contributed by atoms with Gasteiger partial charge in [-0.15, -0.1) is 12.4 Å². The third kappa shape index (κ3) is 4.83. The van der Waals surface area contributed by atoms with Gasteiger partial charge in [-0.3, -0.25) is 9.48 Å². The number of carbonyl (C=O) groups excluding carboxylic acids is 1. The predicted octanol–water partition coefficient (Wildman–Crippen LogP) is 2.65. The molecule has 1 aromatic carbocycles. The average molecular weight is 363 g/mol. The average Bonchev–Trinajstić information content (AvgIpc) is 3.25. The van der Waals surface area contributed by atoms with Gasteiger partial charge in [-0.25, -0.2) is 0 Å². The topological polar surface area (TPSA) is 50.2 Å². The van der Waals surface area contributed by atoms with E-state index in [0.717, 1.165) is 50.2 Å². The van der Waals surface area contributed by atoms with E-state index in [0.29, 0.717) is 0 Å². The monoisotopic (exact) mass is 362 g/mol. The molecule has 1 fully saturated rings. The summed E-state index contributed by atoms with van der Waals surface area (Å²) in [5.74, 6) is 0.221. The summed E-state index contributed by atoms with van der Waals surface area (Å²) in [5, 5.41) is 7.87. The first-order chi connectivity index (χ1) is 11.6. The molecule has 0 bridgehead atoms. The molecule has 0 spiro atoms. The van der Waals surface area contributed by atoms with Gasteiger partial charge in [0.05, 0.1) is 17.4 Å². The van der Waals surface area contributed by atoms with Crippen molar-refractivity contribution in [1.29, 1.82) is 0 Å². The van der Waals surface area contributed by atoms with Gasteiger partial charge >= 0.3 is 0 Å². The first-order valence-electron chi connectivity index (χ1n) is 8.72. The maximum absolute atomic E-state index is 12.3. The van der Waals surface area contributed by atoms with Crippen molar-refractivity contribution in [2.45, 2.75) is 31.7 Å². The van der Waals surface area contributed by atoms with E-state index in [1.807, 2.05) is 41.9 Å². The summed E-state index contributed by atoms with van der Waals surface area (Å²) in [6.45, 7) is 1.73. The number of aryl methyl sites for hydroxylation is 2. The first kappa shape index (κ1) is 19.5. The van der Waals surface area contributed by atoms with Crippen LogP contribution in [0.4, 0.5) is 0 Å². The first-order valence-corrected chi connectivity index (χ1v) is 8.72. The summed E-state index contributed by atoms with van der Waals surface area (Å²) < 4.78 is 1.93. The fourth-order valence-corrected chi connectivity index (χ4v) is 3.30. The van der Waals surface area contributed by atoms with Crippen molar-refractivity contribution in [3.8, 4) is 11.3 Å². The zero-order valence-corrected chi connectivity index (χ0v) is 15.8. The molecule has 25 heavy (non-hydrogen) atoms. The second-order valence-corrected chi connectivity index (χ2v) is 6.52. The van der Waals surface area contributed by atoms with Crippen molar-refractivity contribution in [1.82, 2.24) is 20.0 Å². The van der Waals surface area contributed by atoms with Crippen molar-refractivity contribution < 1.29 is 4.79 Å². The third-order valence-corrected chi connectivity index (χ3v) is 4.66. The van der Waals surface area contributed by atoms with Gasteiger partial charge in [-0.2, -0.15) is 5.10 Å². The highest BCUT2D eigenvalue weighted by Crippen LogP contribution is 2.20. The highest BCUT2D eigenvalue weighted by Gasteiger charge is 2.24. The van der Waals surface area contributed by atoms with E-state index in [4.69, 9.17) is 0 Å². The summed E-state index contributed by atoms with van der Waals surface area (Å²) in [4.78, 5) is 14.1. The minimum atomic E-state index is 0. The zero-order chi connectivity index (χ0) is 16.9. The number of halogens is 1. The molecule has 2 aromatic rings. The van der Waals surface area contributed by atoms with Gasteiger partial charge in [-0.05, 0) is 43.9 Å². The predicted molar refractivity (Wildman–Crippen MR) is 103 cm³/mol. The van der Waals surface area contributed by atoms with Crippen LogP contribution in [-0.2, 0) is 18.3 Å². The Morgan fingerprint density at radius 3 is 2.80 bits per heavy atom. The SMILES string of the molecule is CN(CCCc1cc(-c2ccccc2)n(C)n1)C(=O)C1CCCN1.Cl. The second kappa shape index (κ2) is 9.02. The molecule has 1 N–H and O–H groups in total. The lowest BCUT2D eigenvalue weighted by atomic mass is 10.1. The molecule has 5 nitrogen and oxygen atoms in total. The number of likely N-dealkylation sites (N-methyl/N-ethyl adjacent to an activating group) is 1. The Morgan fingerprint density at radius 1 is 1.36 bits per heavy atom. The number of nitrogens with zero attached hydrogens (tertiary/aromatic N) is 3. The molecule has 1 amide bonds. The molecule has 1 aliphatic heterocycles. The van der Waals surface area contributed by atoms with Crippen molar-refractivity contribution in [2.24, 2.45) is 7.05 Å². The van der Waals surface area contributed by atoms with Crippen LogP contribution in [-0.4, -0.2) is 46.8 Å². The number of rotatable bonds is 6. The van der Waals surface area contributed by atoms with Crippen LogP contribution in [0.5, 0.6) is 0 Å². The van der Waals surface area contributed by atoms with Gasteiger partial charge in [0.25, 0.3) is 0 Å². The molecule has 1 unspecified atom stereocenters. The van der Waals surface area contributed by atoms with Crippen LogP contribution >= 0.6 is 12.4 Å². The minimum Gasteiger partial charge on any atom is -0.344 e. The van der Waals surface area contributed by atoms with Crippen LogP contribution in [0, 0.1) is 0 Å². The van der Waals surface area contributed by atoms with E-state index >= 15 is 0 Å². The van der Waals surface area contributed by atoms with E-state index in [1.54, 1.807) is 0 Å². The maximum Gasteiger partial charge on any atom is 0.239 e. The van der Waals surface area contributed by atoms with Crippen LogP contribution < -0.4 is 5.32 Å². The lowest BCUT2D eigenvalue weighted by Gasteiger charge is -2.20. The lowest BCUT2D eigenvalue weighted by molar-refractivity contribution is -0.131. The standard InChI is InChI=1S/C19H26N4O.ClH/c1-22(19(24)17-11-6-12-20-17)13-7-10-16-14-18(23(2)21-16)15-8-4-3-5-9-15;/h3-5,8-9,14,17,20H,6-7,10-13H2,1-2H3;1H. The molecule has 2 heterocycles. The van der Waals surface area contributed by atoms with Crippen LogP contribution in [0.3, 0.4) is 0 Å². The van der Waals surface area contributed by atoms with E-state index in [9.17, 15) is 4.79 Å². The maximum atomic E-state index is 12.3. The summed E-state index contributed by atoms with van der Waals surface area (Å²) in [7, 11) is 3.88. The molecule has 1 atom stereocenters. The van der Waals surface area contributed by atoms with Gasteiger partial charge < -0.3 is 10.2 Å². The molecule has 0 radical (unpaired) electrons. The summed E-state index contributed by atoms with van der Waals surface area (Å²) >= 11 is 0. The number of nitrogens with one attached hydrogen (secondary N) is 1. The fourth-order valence-electron chi connectivity index (χ4n) is 3.30. The Bertz CT molecular complexity index is 680. The van der Waals surface area contributed by atoms with Crippen LogP contribution in [0.15, 0.2) is 36.4 Å². The fraction of sp³-hybridized carbons (Fsp3) is 0.474. The molecule has 136 valence electrons. The molecule has 1 saturated heterocycles. The number of hydrogen-bond donors (Lipinski definition) is 1. The zero-order valence-electron chi connectivity index (χ0n) is 14.9. The number of benzene rings is 1. The number of aromatic nitrogens is 2. The normalized spacial score (nSPS) is 16.5. The van der Waals surface area contributed by atoms with Gasteiger partial charge in [0.15, 0.2) is 0 Å². The molecule has 1 aliphatic rings. The Morgan fingerprint density at radius 2 is 2.12 bits per heavy atom. The Hall–Kier alpha value is -1.85. The van der Waals surface area contributed by atoms with E-state index in [-0.39, 0.29) is 24.4 Å². The van der Waals surface area contributed by atoms with Crippen molar-refractivity contribution in [2.75, 3.05) is 20.1 Å². The third-order valence-electron chi connectivity index (χ3n) is 4.66. The van der Waals surface area contributed by atoms with Crippen molar-refractivity contribution >= 4 is 18.3 Å². The van der Waals surface area contributed by atoms with E-state index < -0.39 is 0 Å². The second-order valence-electron chi connectivity index (χ2n) is 6.52. The number of hydrogen-bond acceptors (Lipinski definition) is 3. The lowest BCUT2D eigenvalue weighted by Crippen LogP contribution is -2.42. The van der Waals surface area contributed by atoms with E-state index in [1.165, 1.54) is 5.56 Å². The molecule has 0 aliphatic carbocycles. The molecular formula is C19H27ClN4O. The van der Waals surface area contributed by atoms with Gasteiger partial charge in [0.1, 0.15) is 0 Å². The summed E-state index contributed by atoms with van der Waals surface area (Å²) in [5.41, 5.74) is 3.39. The largest absolute Gasteiger partial charge is 0.344 e.